The predicted molar refractivity (Wildman–Crippen MR) is 124 cm³/mol. The molecule has 0 amide bonds. The molecular weight excluding hydrogens is 439 g/mol. The van der Waals surface area contributed by atoms with Crippen LogP contribution in [-0.4, -0.2) is 34.2 Å². The van der Waals surface area contributed by atoms with E-state index < -0.39 is 0 Å². The van der Waals surface area contributed by atoms with E-state index in [0.29, 0.717) is 27.7 Å². The van der Waals surface area contributed by atoms with E-state index in [2.05, 4.69) is 11.8 Å². The molecule has 2 aliphatic rings. The Kier molecular flexibility index (Phi) is 6.52. The van der Waals surface area contributed by atoms with Gasteiger partial charge in [0, 0.05) is 24.0 Å². The molecule has 2 heterocycles. The number of rotatable bonds is 4. The van der Waals surface area contributed by atoms with Crippen molar-refractivity contribution in [2.75, 3.05) is 18.0 Å². The average molecular weight is 467 g/mol. The van der Waals surface area contributed by atoms with E-state index in [9.17, 15) is 5.11 Å². The number of aromatic nitrogens is 2. The summed E-state index contributed by atoms with van der Waals surface area (Å²) < 4.78 is 0. The Labute approximate surface area is 192 Å². The highest BCUT2D eigenvalue weighted by Crippen LogP contribution is 2.48. The average Bonchev–Trinajstić information content (AvgIpc) is 2.99. The number of nitrogens with zero attached hydrogens (tertiary/aromatic N) is 3. The third kappa shape index (κ3) is 4.17. The van der Waals surface area contributed by atoms with Crippen molar-refractivity contribution in [1.29, 1.82) is 0 Å². The van der Waals surface area contributed by atoms with Crippen LogP contribution in [0.15, 0.2) is 28.1 Å². The van der Waals surface area contributed by atoms with Crippen molar-refractivity contribution < 1.29 is 5.11 Å². The Balaban J connectivity index is 1.55. The molecule has 4 rings (SSSR count). The van der Waals surface area contributed by atoms with Crippen LogP contribution in [-0.2, 0) is 6.61 Å². The van der Waals surface area contributed by atoms with E-state index in [4.69, 9.17) is 38.9 Å². The first-order valence-electron chi connectivity index (χ1n) is 10.4. The molecular formula is C22H28Cl2N4OS. The van der Waals surface area contributed by atoms with Gasteiger partial charge in [-0.15, -0.1) is 0 Å². The van der Waals surface area contributed by atoms with Gasteiger partial charge in [-0.2, -0.15) is 0 Å². The van der Waals surface area contributed by atoms with E-state index in [0.717, 1.165) is 53.8 Å². The summed E-state index contributed by atoms with van der Waals surface area (Å²) in [6, 6.07) is 5.82. The zero-order chi connectivity index (χ0) is 21.5. The van der Waals surface area contributed by atoms with Crippen molar-refractivity contribution in [3.63, 3.8) is 0 Å². The van der Waals surface area contributed by atoms with Crippen molar-refractivity contribution in [2.45, 2.75) is 62.1 Å². The van der Waals surface area contributed by atoms with Crippen LogP contribution in [0.5, 0.6) is 0 Å². The summed E-state index contributed by atoms with van der Waals surface area (Å²) in [5.74, 6) is 1.49. The third-order valence-corrected chi connectivity index (χ3v) is 8.68. The molecule has 162 valence electrons. The molecule has 5 nitrogen and oxygen atoms in total. The fourth-order valence-corrected chi connectivity index (χ4v) is 6.37. The first-order valence-corrected chi connectivity index (χ1v) is 12.0. The molecule has 2 fully saturated rings. The van der Waals surface area contributed by atoms with E-state index in [-0.39, 0.29) is 12.0 Å². The summed E-state index contributed by atoms with van der Waals surface area (Å²) in [6.45, 7) is 5.89. The summed E-state index contributed by atoms with van der Waals surface area (Å²) in [6.07, 6.45) is 4.48. The van der Waals surface area contributed by atoms with Crippen LogP contribution < -0.4 is 10.6 Å². The van der Waals surface area contributed by atoms with Gasteiger partial charge in [0.15, 0.2) is 5.82 Å². The predicted octanol–water partition coefficient (Wildman–Crippen LogP) is 5.08. The second-order valence-corrected chi connectivity index (χ2v) is 10.5. The summed E-state index contributed by atoms with van der Waals surface area (Å²) >= 11 is 13.9. The van der Waals surface area contributed by atoms with Gasteiger partial charge in [-0.3, -0.25) is 0 Å². The smallest absolute Gasteiger partial charge is 0.153 e. The van der Waals surface area contributed by atoms with Crippen molar-refractivity contribution >= 4 is 40.8 Å². The van der Waals surface area contributed by atoms with E-state index in [1.54, 1.807) is 6.07 Å². The minimum atomic E-state index is -0.155. The first kappa shape index (κ1) is 22.2. The number of aryl methyl sites for hydroxylation is 1. The largest absolute Gasteiger partial charge is 0.390 e. The molecule has 2 aromatic rings. The minimum Gasteiger partial charge on any atom is -0.390 e. The summed E-state index contributed by atoms with van der Waals surface area (Å²) in [5, 5.41) is 11.7. The molecule has 3 N–H and O–H groups in total. The topological polar surface area (TPSA) is 75.3 Å². The number of aliphatic hydroxyl groups excluding tert-OH is 1. The molecule has 2 atom stereocenters. The highest BCUT2D eigenvalue weighted by molar-refractivity contribution is 7.99. The lowest BCUT2D eigenvalue weighted by Crippen LogP contribution is -2.47. The molecule has 30 heavy (non-hydrogen) atoms. The Bertz CT molecular complexity index is 934. The standard InChI is InChI=1S/C22H28Cl2N4OS/c1-13-10-18(25)22(11-13)6-8-28(9-7-22)20-16(12-29)27-21(14(2)26-20)30-17-5-3-4-15(23)19(17)24/h3-5,13,18,29H,6-12,25H2,1-2H3/t13-,18+/m0/s1. The molecule has 0 unspecified atom stereocenters. The molecule has 1 aromatic carbocycles. The number of piperidine rings is 1. The quantitative estimate of drug-likeness (QED) is 0.653. The van der Waals surface area contributed by atoms with Gasteiger partial charge in [0.2, 0.25) is 0 Å². The van der Waals surface area contributed by atoms with Gasteiger partial charge >= 0.3 is 0 Å². The van der Waals surface area contributed by atoms with Gasteiger partial charge in [-0.25, -0.2) is 9.97 Å². The maximum absolute atomic E-state index is 10.0. The minimum absolute atomic E-state index is 0.155. The summed E-state index contributed by atoms with van der Waals surface area (Å²) in [7, 11) is 0. The number of anilines is 1. The Morgan fingerprint density at radius 2 is 2.00 bits per heavy atom. The fourth-order valence-electron chi connectivity index (χ4n) is 5.00. The van der Waals surface area contributed by atoms with Crippen molar-refractivity contribution in [3.05, 3.63) is 39.6 Å². The van der Waals surface area contributed by atoms with Crippen LogP contribution >= 0.6 is 35.0 Å². The van der Waals surface area contributed by atoms with Gasteiger partial charge in [0.05, 0.1) is 22.3 Å². The lowest BCUT2D eigenvalue weighted by molar-refractivity contribution is 0.192. The number of hydrogen-bond donors (Lipinski definition) is 2. The number of nitrogens with two attached hydrogens (primary N) is 1. The molecule has 1 saturated carbocycles. The van der Waals surface area contributed by atoms with Crippen molar-refractivity contribution in [2.24, 2.45) is 17.1 Å². The highest BCUT2D eigenvalue weighted by Gasteiger charge is 2.46. The number of aliphatic hydroxyl groups is 1. The van der Waals surface area contributed by atoms with Crippen molar-refractivity contribution in [3.8, 4) is 0 Å². The van der Waals surface area contributed by atoms with Crippen LogP contribution in [0.2, 0.25) is 10.0 Å². The maximum atomic E-state index is 10.0. The number of benzene rings is 1. The zero-order valence-electron chi connectivity index (χ0n) is 17.4. The summed E-state index contributed by atoms with van der Waals surface area (Å²) in [5.41, 5.74) is 8.18. The fraction of sp³-hybridized carbons (Fsp3) is 0.545. The Morgan fingerprint density at radius 3 is 2.63 bits per heavy atom. The normalized spacial score (nSPS) is 23.3. The zero-order valence-corrected chi connectivity index (χ0v) is 19.7. The first-order chi connectivity index (χ1) is 14.3. The molecule has 0 bridgehead atoms. The van der Waals surface area contributed by atoms with Gasteiger partial charge < -0.3 is 15.7 Å². The van der Waals surface area contributed by atoms with Crippen LogP contribution in [0.3, 0.4) is 0 Å². The summed E-state index contributed by atoms with van der Waals surface area (Å²) in [4.78, 5) is 12.6. The molecule has 8 heteroatoms. The third-order valence-electron chi connectivity index (χ3n) is 6.61. The van der Waals surface area contributed by atoms with Gasteiger partial charge in [0.1, 0.15) is 10.7 Å². The Morgan fingerprint density at radius 1 is 1.27 bits per heavy atom. The molecule has 1 aromatic heterocycles. The lowest BCUT2D eigenvalue weighted by atomic mass is 9.74. The monoisotopic (exact) mass is 466 g/mol. The van der Waals surface area contributed by atoms with E-state index in [1.165, 1.54) is 18.2 Å². The molecule has 0 radical (unpaired) electrons. The number of hydrogen-bond acceptors (Lipinski definition) is 6. The lowest BCUT2D eigenvalue weighted by Gasteiger charge is -2.43. The van der Waals surface area contributed by atoms with Gasteiger partial charge in [0.25, 0.3) is 0 Å². The Hall–Kier alpha value is -1.05. The maximum Gasteiger partial charge on any atom is 0.153 e. The highest BCUT2D eigenvalue weighted by atomic mass is 35.5. The van der Waals surface area contributed by atoms with Crippen LogP contribution in [0, 0.1) is 18.3 Å². The van der Waals surface area contributed by atoms with Gasteiger partial charge in [-0.1, -0.05) is 48.0 Å². The second kappa shape index (κ2) is 8.83. The molecule has 1 aliphatic heterocycles. The van der Waals surface area contributed by atoms with Crippen LogP contribution in [0.25, 0.3) is 0 Å². The number of halogens is 2. The molecule has 1 saturated heterocycles. The second-order valence-electron chi connectivity index (χ2n) is 8.70. The van der Waals surface area contributed by atoms with Crippen molar-refractivity contribution in [1.82, 2.24) is 9.97 Å². The SMILES string of the molecule is Cc1nc(N2CCC3(CC2)C[C@@H](C)C[C@H]3N)c(CO)nc1Sc1cccc(Cl)c1Cl. The molecule has 1 aliphatic carbocycles. The van der Waals surface area contributed by atoms with Gasteiger partial charge in [-0.05, 0) is 56.1 Å². The van der Waals surface area contributed by atoms with Crippen LogP contribution in [0.4, 0.5) is 5.82 Å². The van der Waals surface area contributed by atoms with E-state index in [1.807, 2.05) is 19.1 Å². The van der Waals surface area contributed by atoms with Crippen LogP contribution in [0.1, 0.15) is 44.0 Å². The molecule has 1 spiro atoms. The van der Waals surface area contributed by atoms with E-state index >= 15 is 0 Å².